The van der Waals surface area contributed by atoms with E-state index in [1.165, 1.54) is 16.6 Å². The van der Waals surface area contributed by atoms with Gasteiger partial charge in [-0.1, -0.05) is 26.0 Å². The Morgan fingerprint density at radius 1 is 1.27 bits per heavy atom. The summed E-state index contributed by atoms with van der Waals surface area (Å²) in [5.41, 5.74) is 5.74. The predicted molar refractivity (Wildman–Crippen MR) is 116 cm³/mol. The Kier molecular flexibility index (Phi) is 7.82. The summed E-state index contributed by atoms with van der Waals surface area (Å²) in [4.78, 5) is 41.5. The molecule has 0 bridgehead atoms. The van der Waals surface area contributed by atoms with Crippen LogP contribution in [0.3, 0.4) is 0 Å². The summed E-state index contributed by atoms with van der Waals surface area (Å²) >= 11 is 0. The number of benzene rings is 1. The smallest absolute Gasteiger partial charge is 0.330 e. The molecule has 0 spiro atoms. The molecule has 0 saturated carbocycles. The van der Waals surface area contributed by atoms with E-state index in [4.69, 9.17) is 15.2 Å². The van der Waals surface area contributed by atoms with E-state index in [0.717, 1.165) is 5.56 Å². The first-order valence-corrected chi connectivity index (χ1v) is 9.82. The molecule has 0 aliphatic heterocycles. The molecule has 3 N–H and O–H groups in total. The Morgan fingerprint density at radius 3 is 2.57 bits per heavy atom. The SMILES string of the molecule is COCCN(C(=O)[C@H](C)Oc1cccc(C)c1)c1c(N)n(CC(C)C)c(=O)[nH]c1=O. The van der Waals surface area contributed by atoms with Crippen molar-refractivity contribution in [1.82, 2.24) is 9.55 Å². The number of hydrogen-bond acceptors (Lipinski definition) is 6. The normalized spacial score (nSPS) is 12.1. The van der Waals surface area contributed by atoms with Gasteiger partial charge in [-0.25, -0.2) is 4.79 Å². The number of nitrogens with two attached hydrogens (primary N) is 1. The van der Waals surface area contributed by atoms with Crippen LogP contribution in [-0.2, 0) is 16.1 Å². The standard InChI is InChI=1S/C21H30N4O5/c1-13(2)12-25-18(22)17(19(26)23-21(25)28)24(9-10-29-5)20(27)15(4)30-16-8-6-7-14(3)11-16/h6-8,11,13,15H,9-10,12,22H2,1-5H3,(H,23,26,28)/t15-/m0/s1. The van der Waals surface area contributed by atoms with Gasteiger partial charge in [-0.05, 0) is 37.5 Å². The average molecular weight is 418 g/mol. The lowest BCUT2D eigenvalue weighted by Gasteiger charge is -2.27. The van der Waals surface area contributed by atoms with Crippen molar-refractivity contribution in [3.63, 3.8) is 0 Å². The molecule has 1 aromatic heterocycles. The van der Waals surface area contributed by atoms with Crippen LogP contribution in [0.5, 0.6) is 5.75 Å². The number of aryl methyl sites for hydroxylation is 1. The highest BCUT2D eigenvalue weighted by Gasteiger charge is 2.28. The molecule has 1 aromatic carbocycles. The molecule has 1 amide bonds. The van der Waals surface area contributed by atoms with Crippen molar-refractivity contribution >= 4 is 17.4 Å². The molecule has 164 valence electrons. The Hall–Kier alpha value is -3.07. The number of methoxy groups -OCH3 is 1. The van der Waals surface area contributed by atoms with Gasteiger partial charge in [0.1, 0.15) is 11.6 Å². The molecule has 0 aliphatic carbocycles. The molecule has 0 fully saturated rings. The average Bonchev–Trinajstić information content (AvgIpc) is 2.66. The summed E-state index contributed by atoms with van der Waals surface area (Å²) in [5.74, 6) is 0.106. The molecular formula is C21H30N4O5. The molecule has 0 aliphatic rings. The zero-order chi connectivity index (χ0) is 22.4. The summed E-state index contributed by atoms with van der Waals surface area (Å²) in [7, 11) is 1.49. The Morgan fingerprint density at radius 2 is 1.97 bits per heavy atom. The second-order valence-electron chi connectivity index (χ2n) is 7.56. The zero-order valence-electron chi connectivity index (χ0n) is 18.1. The molecule has 0 radical (unpaired) electrons. The highest BCUT2D eigenvalue weighted by molar-refractivity contribution is 5.98. The van der Waals surface area contributed by atoms with Crippen LogP contribution in [0.2, 0.25) is 0 Å². The number of carbonyl (C=O) groups excluding carboxylic acids is 1. The molecule has 0 unspecified atom stereocenters. The fraction of sp³-hybridized carbons (Fsp3) is 0.476. The Bertz CT molecular complexity index is 996. The minimum absolute atomic E-state index is 0.0651. The maximum atomic E-state index is 13.2. The van der Waals surface area contributed by atoms with Gasteiger partial charge in [0.2, 0.25) is 0 Å². The van der Waals surface area contributed by atoms with Crippen molar-refractivity contribution in [2.45, 2.75) is 40.3 Å². The lowest BCUT2D eigenvalue weighted by atomic mass is 10.2. The van der Waals surface area contributed by atoms with Gasteiger partial charge in [-0.15, -0.1) is 0 Å². The van der Waals surface area contributed by atoms with E-state index < -0.39 is 23.3 Å². The number of nitrogens with one attached hydrogen (secondary N) is 1. The van der Waals surface area contributed by atoms with Gasteiger partial charge in [0.25, 0.3) is 11.5 Å². The van der Waals surface area contributed by atoms with E-state index in [2.05, 4.69) is 4.98 Å². The first-order valence-electron chi connectivity index (χ1n) is 9.82. The van der Waals surface area contributed by atoms with Crippen LogP contribution in [0.25, 0.3) is 0 Å². The molecule has 2 aromatic rings. The first-order chi connectivity index (χ1) is 14.1. The van der Waals surface area contributed by atoms with Gasteiger partial charge in [0, 0.05) is 20.2 Å². The fourth-order valence-corrected chi connectivity index (χ4v) is 3.06. The maximum absolute atomic E-state index is 13.2. The molecule has 0 saturated heterocycles. The van der Waals surface area contributed by atoms with Crippen LogP contribution in [-0.4, -0.2) is 41.8 Å². The van der Waals surface area contributed by atoms with Crippen LogP contribution in [0.4, 0.5) is 11.5 Å². The van der Waals surface area contributed by atoms with Gasteiger partial charge in [-0.2, -0.15) is 0 Å². The Labute approximate surface area is 175 Å². The number of aromatic amines is 1. The van der Waals surface area contributed by atoms with Crippen molar-refractivity contribution in [3.05, 3.63) is 50.7 Å². The number of ether oxygens (including phenoxy) is 2. The molecule has 1 atom stereocenters. The first kappa shape index (κ1) is 23.2. The molecule has 9 heteroatoms. The van der Waals surface area contributed by atoms with Crippen LogP contribution >= 0.6 is 0 Å². The summed E-state index contributed by atoms with van der Waals surface area (Å²) in [6.07, 6.45) is -0.895. The summed E-state index contributed by atoms with van der Waals surface area (Å²) in [6, 6.07) is 7.31. The lowest BCUT2D eigenvalue weighted by Crippen LogP contribution is -2.47. The summed E-state index contributed by atoms with van der Waals surface area (Å²) < 4.78 is 12.1. The van der Waals surface area contributed by atoms with Crippen LogP contribution < -0.4 is 26.6 Å². The van der Waals surface area contributed by atoms with E-state index in [1.807, 2.05) is 39.0 Å². The van der Waals surface area contributed by atoms with Crippen molar-refractivity contribution in [3.8, 4) is 5.75 Å². The third-order valence-corrected chi connectivity index (χ3v) is 4.47. The van der Waals surface area contributed by atoms with Crippen molar-refractivity contribution < 1.29 is 14.3 Å². The molecule has 1 heterocycles. The van der Waals surface area contributed by atoms with E-state index in [1.54, 1.807) is 13.0 Å². The maximum Gasteiger partial charge on any atom is 0.330 e. The largest absolute Gasteiger partial charge is 0.481 e. The second kappa shape index (κ2) is 10.1. The predicted octanol–water partition coefficient (Wildman–Crippen LogP) is 1.53. The lowest BCUT2D eigenvalue weighted by molar-refractivity contribution is -0.124. The van der Waals surface area contributed by atoms with Gasteiger partial charge < -0.3 is 15.2 Å². The number of rotatable bonds is 9. The van der Waals surface area contributed by atoms with E-state index in [-0.39, 0.29) is 30.6 Å². The van der Waals surface area contributed by atoms with Gasteiger partial charge in [0.15, 0.2) is 11.8 Å². The summed E-state index contributed by atoms with van der Waals surface area (Å²) in [6.45, 7) is 7.90. The van der Waals surface area contributed by atoms with E-state index in [9.17, 15) is 14.4 Å². The monoisotopic (exact) mass is 418 g/mol. The second-order valence-corrected chi connectivity index (χ2v) is 7.56. The number of nitrogen functional groups attached to an aromatic ring is 1. The van der Waals surface area contributed by atoms with Crippen LogP contribution in [0.1, 0.15) is 26.3 Å². The summed E-state index contributed by atoms with van der Waals surface area (Å²) in [5, 5.41) is 0. The van der Waals surface area contributed by atoms with E-state index in [0.29, 0.717) is 12.3 Å². The minimum atomic E-state index is -0.895. The van der Waals surface area contributed by atoms with Crippen LogP contribution in [0.15, 0.2) is 33.9 Å². The molecular weight excluding hydrogens is 388 g/mol. The number of carbonyl (C=O) groups is 1. The molecule has 2 rings (SSSR count). The van der Waals surface area contributed by atoms with Gasteiger partial charge in [-0.3, -0.25) is 24.0 Å². The van der Waals surface area contributed by atoms with Crippen LogP contribution in [0, 0.1) is 12.8 Å². The number of anilines is 2. The molecule has 30 heavy (non-hydrogen) atoms. The van der Waals surface area contributed by atoms with Gasteiger partial charge >= 0.3 is 5.69 Å². The third-order valence-electron chi connectivity index (χ3n) is 4.47. The quantitative estimate of drug-likeness (QED) is 0.637. The fourth-order valence-electron chi connectivity index (χ4n) is 3.06. The number of hydrogen-bond donors (Lipinski definition) is 2. The highest BCUT2D eigenvalue weighted by Crippen LogP contribution is 2.21. The van der Waals surface area contributed by atoms with Crippen molar-refractivity contribution in [2.24, 2.45) is 5.92 Å². The number of nitrogens with zero attached hydrogens (tertiary/aromatic N) is 2. The third kappa shape index (κ3) is 5.50. The zero-order valence-corrected chi connectivity index (χ0v) is 18.1. The van der Waals surface area contributed by atoms with E-state index >= 15 is 0 Å². The topological polar surface area (TPSA) is 120 Å². The van der Waals surface area contributed by atoms with Crippen molar-refractivity contribution in [2.75, 3.05) is 30.9 Å². The minimum Gasteiger partial charge on any atom is -0.481 e. The highest BCUT2D eigenvalue weighted by atomic mass is 16.5. The number of H-pyrrole nitrogens is 1. The number of aromatic nitrogens is 2. The molecule has 9 nitrogen and oxygen atoms in total. The Balaban J connectivity index is 2.45. The van der Waals surface area contributed by atoms with Crippen molar-refractivity contribution in [1.29, 1.82) is 0 Å². The number of amides is 1. The van der Waals surface area contributed by atoms with Gasteiger partial charge in [0.05, 0.1) is 6.61 Å².